The van der Waals surface area contributed by atoms with Gasteiger partial charge in [-0.25, -0.2) is 9.97 Å². The van der Waals surface area contributed by atoms with Crippen LogP contribution in [0.1, 0.15) is 25.3 Å². The van der Waals surface area contributed by atoms with Gasteiger partial charge >= 0.3 is 0 Å². The molecule has 2 aliphatic rings. The number of anilines is 1. The molecule has 1 aliphatic carbocycles. The van der Waals surface area contributed by atoms with Crippen molar-refractivity contribution in [1.82, 2.24) is 19.4 Å². The molecular formula is C27H29N5O2. The number of nitrogen functional groups attached to an aromatic ring is 1. The lowest BCUT2D eigenvalue weighted by Gasteiger charge is -2.32. The molecule has 0 amide bonds. The fourth-order valence-corrected chi connectivity index (χ4v) is 5.39. The van der Waals surface area contributed by atoms with E-state index in [9.17, 15) is 0 Å². The fraction of sp³-hybridized carbons (Fsp3) is 0.333. The Bertz CT molecular complexity index is 1270. The molecule has 2 aromatic heterocycles. The molecule has 2 atom stereocenters. The highest BCUT2D eigenvalue weighted by Crippen LogP contribution is 2.40. The van der Waals surface area contributed by atoms with Gasteiger partial charge in [0.25, 0.3) is 0 Å². The van der Waals surface area contributed by atoms with E-state index in [1.54, 1.807) is 6.33 Å². The summed E-state index contributed by atoms with van der Waals surface area (Å²) in [6.07, 6.45) is 7.25. The van der Waals surface area contributed by atoms with E-state index < -0.39 is 0 Å². The molecule has 2 unspecified atom stereocenters. The summed E-state index contributed by atoms with van der Waals surface area (Å²) in [7, 11) is 0. The predicted molar refractivity (Wildman–Crippen MR) is 133 cm³/mol. The molecule has 2 N–H and O–H groups in total. The van der Waals surface area contributed by atoms with Crippen LogP contribution in [0.3, 0.4) is 0 Å². The van der Waals surface area contributed by atoms with Crippen molar-refractivity contribution in [2.45, 2.75) is 31.3 Å². The van der Waals surface area contributed by atoms with Gasteiger partial charge in [-0.2, -0.15) is 0 Å². The highest BCUT2D eigenvalue weighted by molar-refractivity contribution is 6.00. The van der Waals surface area contributed by atoms with Crippen LogP contribution >= 0.6 is 0 Å². The molecule has 34 heavy (non-hydrogen) atoms. The van der Waals surface area contributed by atoms with E-state index in [-0.39, 0.29) is 0 Å². The van der Waals surface area contributed by atoms with Gasteiger partial charge in [0.1, 0.15) is 29.3 Å². The topological polar surface area (TPSA) is 78.4 Å². The summed E-state index contributed by atoms with van der Waals surface area (Å²) < 4.78 is 13.8. The second-order valence-electron chi connectivity index (χ2n) is 9.12. The average molecular weight is 456 g/mol. The normalized spacial score (nSPS) is 21.2. The van der Waals surface area contributed by atoms with E-state index in [1.807, 2.05) is 42.5 Å². The summed E-state index contributed by atoms with van der Waals surface area (Å²) in [6, 6.07) is 19.0. The molecule has 1 aliphatic heterocycles. The second kappa shape index (κ2) is 9.08. The minimum absolute atomic E-state index is 0.402. The molecule has 7 heteroatoms. The summed E-state index contributed by atoms with van der Waals surface area (Å²) in [4.78, 5) is 11.5. The Hall–Kier alpha value is -3.42. The van der Waals surface area contributed by atoms with Crippen LogP contribution in [0.2, 0.25) is 0 Å². The smallest absolute Gasteiger partial charge is 0.146 e. The lowest BCUT2D eigenvalue weighted by molar-refractivity contribution is 0.0173. The Kier molecular flexibility index (Phi) is 5.65. The van der Waals surface area contributed by atoms with Crippen molar-refractivity contribution in [2.75, 3.05) is 32.0 Å². The first-order chi connectivity index (χ1) is 16.8. The highest BCUT2D eigenvalue weighted by Gasteiger charge is 2.32. The summed E-state index contributed by atoms with van der Waals surface area (Å²) in [6.45, 7) is 3.74. The number of hydrogen-bond donors (Lipinski definition) is 1. The molecule has 3 heterocycles. The van der Waals surface area contributed by atoms with Crippen molar-refractivity contribution in [3.63, 3.8) is 0 Å². The highest BCUT2D eigenvalue weighted by atomic mass is 16.5. The Balaban J connectivity index is 1.30. The molecule has 2 aromatic carbocycles. The quantitative estimate of drug-likeness (QED) is 0.461. The van der Waals surface area contributed by atoms with Crippen LogP contribution in [0.5, 0.6) is 11.5 Å². The van der Waals surface area contributed by atoms with Crippen molar-refractivity contribution in [3.8, 4) is 22.6 Å². The molecule has 6 rings (SSSR count). The lowest BCUT2D eigenvalue weighted by atomic mass is 10.1. The molecule has 7 nitrogen and oxygen atoms in total. The van der Waals surface area contributed by atoms with E-state index in [2.05, 4.69) is 37.8 Å². The number of aromatic nitrogens is 3. The second-order valence-corrected chi connectivity index (χ2v) is 9.12. The Morgan fingerprint density at radius 3 is 2.41 bits per heavy atom. The van der Waals surface area contributed by atoms with E-state index in [4.69, 9.17) is 15.2 Å². The molecule has 0 bridgehead atoms. The van der Waals surface area contributed by atoms with E-state index in [0.717, 1.165) is 72.8 Å². The van der Waals surface area contributed by atoms with Gasteiger partial charge in [-0.3, -0.25) is 4.90 Å². The third-order valence-electron chi connectivity index (χ3n) is 7.12. The van der Waals surface area contributed by atoms with Crippen LogP contribution in [-0.4, -0.2) is 51.8 Å². The van der Waals surface area contributed by atoms with Gasteiger partial charge < -0.3 is 19.8 Å². The van der Waals surface area contributed by atoms with Crippen molar-refractivity contribution in [1.29, 1.82) is 0 Å². The Morgan fingerprint density at radius 2 is 1.62 bits per heavy atom. The van der Waals surface area contributed by atoms with E-state index in [0.29, 0.717) is 17.9 Å². The number of nitrogens with zero attached hydrogens (tertiary/aromatic N) is 4. The Labute approximate surface area is 199 Å². The first-order valence-electron chi connectivity index (χ1n) is 12.0. The number of ether oxygens (including phenoxy) is 2. The molecule has 0 radical (unpaired) electrons. The maximum Gasteiger partial charge on any atom is 0.146 e. The molecule has 174 valence electrons. The molecule has 1 saturated carbocycles. The molecule has 2 fully saturated rings. The van der Waals surface area contributed by atoms with E-state index >= 15 is 0 Å². The number of hydrogen-bond acceptors (Lipinski definition) is 6. The Morgan fingerprint density at radius 1 is 0.882 bits per heavy atom. The van der Waals surface area contributed by atoms with Gasteiger partial charge in [-0.1, -0.05) is 30.3 Å². The van der Waals surface area contributed by atoms with Crippen LogP contribution in [0.25, 0.3) is 22.2 Å². The van der Waals surface area contributed by atoms with Crippen molar-refractivity contribution in [2.24, 2.45) is 0 Å². The number of rotatable bonds is 5. The standard InChI is InChI=1S/C27H29N5O2/c28-26-25-24(19-6-10-23(11-7-19)34-22-4-2-1-3-5-22)17-32(27(25)30-18-29-26)21-9-8-20(16-21)31-12-14-33-15-13-31/h1-7,10-11,17-18,20-21H,8-9,12-16H2,(H2,28,29,30). The first-order valence-corrected chi connectivity index (χ1v) is 12.0. The van der Waals surface area contributed by atoms with Gasteiger partial charge in [-0.05, 0) is 49.1 Å². The van der Waals surface area contributed by atoms with Gasteiger partial charge in [-0.15, -0.1) is 0 Å². The summed E-state index contributed by atoms with van der Waals surface area (Å²) >= 11 is 0. The average Bonchev–Trinajstić information content (AvgIpc) is 3.52. The zero-order chi connectivity index (χ0) is 22.9. The van der Waals surface area contributed by atoms with Crippen LogP contribution in [0, 0.1) is 0 Å². The first kappa shape index (κ1) is 21.1. The monoisotopic (exact) mass is 455 g/mol. The largest absolute Gasteiger partial charge is 0.457 e. The summed E-state index contributed by atoms with van der Waals surface area (Å²) in [5.41, 5.74) is 9.43. The molecular weight excluding hydrogens is 426 g/mol. The molecule has 0 spiro atoms. The van der Waals surface area contributed by atoms with Crippen LogP contribution in [-0.2, 0) is 4.74 Å². The zero-order valence-corrected chi connectivity index (χ0v) is 19.1. The molecule has 1 saturated heterocycles. The minimum atomic E-state index is 0.402. The van der Waals surface area contributed by atoms with Gasteiger partial charge in [0.15, 0.2) is 0 Å². The molecule has 4 aromatic rings. The number of morpholine rings is 1. The zero-order valence-electron chi connectivity index (χ0n) is 19.1. The van der Waals surface area contributed by atoms with Crippen molar-refractivity contribution in [3.05, 3.63) is 67.1 Å². The third-order valence-corrected chi connectivity index (χ3v) is 7.12. The maximum atomic E-state index is 6.37. The van der Waals surface area contributed by atoms with Crippen LogP contribution in [0.15, 0.2) is 67.1 Å². The van der Waals surface area contributed by atoms with Crippen LogP contribution < -0.4 is 10.5 Å². The summed E-state index contributed by atoms with van der Waals surface area (Å²) in [5, 5.41) is 0.925. The van der Waals surface area contributed by atoms with Crippen molar-refractivity contribution >= 4 is 16.9 Å². The summed E-state index contributed by atoms with van der Waals surface area (Å²) in [5.74, 6) is 2.14. The SMILES string of the molecule is Nc1ncnc2c1c(-c1ccc(Oc3ccccc3)cc1)cn2C1CCC(N2CCOCC2)C1. The number of nitrogens with two attached hydrogens (primary N) is 1. The van der Waals surface area contributed by atoms with Crippen LogP contribution in [0.4, 0.5) is 5.82 Å². The number of benzene rings is 2. The predicted octanol–water partition coefficient (Wildman–Crippen LogP) is 4.90. The van der Waals surface area contributed by atoms with E-state index in [1.165, 1.54) is 6.42 Å². The third kappa shape index (κ3) is 4.02. The van der Waals surface area contributed by atoms with Gasteiger partial charge in [0.2, 0.25) is 0 Å². The van der Waals surface area contributed by atoms with Crippen molar-refractivity contribution < 1.29 is 9.47 Å². The fourth-order valence-electron chi connectivity index (χ4n) is 5.39. The number of para-hydroxylation sites is 1. The van der Waals surface area contributed by atoms with Gasteiger partial charge in [0, 0.05) is 36.9 Å². The lowest BCUT2D eigenvalue weighted by Crippen LogP contribution is -2.42. The van der Waals surface area contributed by atoms with Gasteiger partial charge in [0.05, 0.1) is 18.6 Å². The maximum absolute atomic E-state index is 6.37. The number of fused-ring (bicyclic) bond motifs is 1. The minimum Gasteiger partial charge on any atom is -0.457 e.